The van der Waals surface area contributed by atoms with E-state index in [9.17, 15) is 21.6 Å². The fourth-order valence-corrected chi connectivity index (χ4v) is 1.98. The SMILES string of the molecule is CC(C)(N)CNc1ccc(S(=O)(=O)C(F)(F)F)cc1. The molecule has 4 nitrogen and oxygen atoms in total. The van der Waals surface area contributed by atoms with Crippen LogP contribution in [0.3, 0.4) is 0 Å². The second-order valence-corrected chi connectivity index (χ2v) is 6.76. The van der Waals surface area contributed by atoms with Crippen molar-refractivity contribution in [3.05, 3.63) is 24.3 Å². The molecule has 0 radical (unpaired) electrons. The first-order chi connectivity index (χ1) is 8.43. The summed E-state index contributed by atoms with van der Waals surface area (Å²) in [6.45, 7) is 3.96. The van der Waals surface area contributed by atoms with Crippen molar-refractivity contribution in [2.45, 2.75) is 29.8 Å². The van der Waals surface area contributed by atoms with Gasteiger partial charge in [0.15, 0.2) is 0 Å². The Morgan fingerprint density at radius 1 is 1.16 bits per heavy atom. The van der Waals surface area contributed by atoms with Crippen molar-refractivity contribution in [1.29, 1.82) is 0 Å². The molecule has 0 bridgehead atoms. The van der Waals surface area contributed by atoms with Gasteiger partial charge in [-0.2, -0.15) is 13.2 Å². The first-order valence-electron chi connectivity index (χ1n) is 5.38. The third-order valence-corrected chi connectivity index (χ3v) is 3.72. The van der Waals surface area contributed by atoms with E-state index in [0.29, 0.717) is 12.2 Å². The Morgan fingerprint density at radius 2 is 1.63 bits per heavy atom. The zero-order chi connectivity index (χ0) is 14.9. The van der Waals surface area contributed by atoms with Crippen molar-refractivity contribution in [3.63, 3.8) is 0 Å². The molecule has 0 atom stereocenters. The molecular formula is C11H15F3N2O2S. The average Bonchev–Trinajstić information content (AvgIpc) is 2.24. The molecular weight excluding hydrogens is 281 g/mol. The Morgan fingerprint density at radius 3 is 2.00 bits per heavy atom. The summed E-state index contributed by atoms with van der Waals surface area (Å²) in [7, 11) is -5.29. The maximum absolute atomic E-state index is 12.3. The van der Waals surface area contributed by atoms with E-state index in [4.69, 9.17) is 5.73 Å². The minimum atomic E-state index is -5.29. The van der Waals surface area contributed by atoms with Crippen LogP contribution in [0.1, 0.15) is 13.8 Å². The zero-order valence-electron chi connectivity index (χ0n) is 10.5. The molecule has 1 rings (SSSR count). The number of alkyl halides is 3. The number of hydrogen-bond acceptors (Lipinski definition) is 4. The number of hydrogen-bond donors (Lipinski definition) is 2. The van der Waals surface area contributed by atoms with Crippen LogP contribution in [0.25, 0.3) is 0 Å². The van der Waals surface area contributed by atoms with Gasteiger partial charge in [0.25, 0.3) is 9.84 Å². The summed E-state index contributed by atoms with van der Waals surface area (Å²) in [5, 5.41) is 2.90. The van der Waals surface area contributed by atoms with E-state index in [2.05, 4.69) is 5.32 Å². The minimum absolute atomic E-state index is 0.401. The number of halogens is 3. The van der Waals surface area contributed by atoms with Crippen LogP contribution in [0.15, 0.2) is 29.2 Å². The fourth-order valence-electron chi connectivity index (χ4n) is 1.22. The van der Waals surface area contributed by atoms with Gasteiger partial charge in [0, 0.05) is 17.8 Å². The highest BCUT2D eigenvalue weighted by Crippen LogP contribution is 2.30. The van der Waals surface area contributed by atoms with Crippen molar-refractivity contribution < 1.29 is 21.6 Å². The summed E-state index contributed by atoms with van der Waals surface area (Å²) in [5.41, 5.74) is 0.452. The van der Waals surface area contributed by atoms with Gasteiger partial charge in [0.1, 0.15) is 0 Å². The van der Waals surface area contributed by atoms with Gasteiger partial charge in [0.2, 0.25) is 0 Å². The summed E-state index contributed by atoms with van der Waals surface area (Å²) in [6.07, 6.45) is 0. The highest BCUT2D eigenvalue weighted by Gasteiger charge is 2.46. The topological polar surface area (TPSA) is 72.2 Å². The molecule has 0 unspecified atom stereocenters. The average molecular weight is 296 g/mol. The summed E-state index contributed by atoms with van der Waals surface area (Å²) >= 11 is 0. The molecule has 0 aliphatic carbocycles. The number of nitrogens with two attached hydrogens (primary N) is 1. The minimum Gasteiger partial charge on any atom is -0.383 e. The molecule has 0 fully saturated rings. The van der Waals surface area contributed by atoms with E-state index in [-0.39, 0.29) is 0 Å². The number of anilines is 1. The van der Waals surface area contributed by atoms with E-state index in [1.54, 1.807) is 13.8 Å². The van der Waals surface area contributed by atoms with Gasteiger partial charge in [-0.25, -0.2) is 8.42 Å². The van der Waals surface area contributed by atoms with Crippen molar-refractivity contribution in [2.24, 2.45) is 5.73 Å². The van der Waals surface area contributed by atoms with Crippen LogP contribution >= 0.6 is 0 Å². The normalized spacial score (nSPS) is 13.4. The van der Waals surface area contributed by atoms with E-state index >= 15 is 0 Å². The first-order valence-corrected chi connectivity index (χ1v) is 6.86. The van der Waals surface area contributed by atoms with E-state index in [1.165, 1.54) is 12.1 Å². The van der Waals surface area contributed by atoms with Crippen molar-refractivity contribution in [1.82, 2.24) is 0 Å². The van der Waals surface area contributed by atoms with Crippen LogP contribution in [0.5, 0.6) is 0 Å². The van der Waals surface area contributed by atoms with Crippen LogP contribution in [0.4, 0.5) is 18.9 Å². The Kier molecular flexibility index (Phi) is 4.16. The molecule has 0 spiro atoms. The Bertz CT molecular complexity index is 531. The number of benzene rings is 1. The number of nitrogens with one attached hydrogen (secondary N) is 1. The van der Waals surface area contributed by atoms with E-state index in [0.717, 1.165) is 12.1 Å². The number of sulfone groups is 1. The van der Waals surface area contributed by atoms with Gasteiger partial charge < -0.3 is 11.1 Å². The predicted octanol–water partition coefficient (Wildman–Crippen LogP) is 2.13. The molecule has 0 saturated carbocycles. The van der Waals surface area contributed by atoms with Crippen LogP contribution in [-0.4, -0.2) is 26.0 Å². The second kappa shape index (κ2) is 5.01. The van der Waals surface area contributed by atoms with Gasteiger partial charge in [0.05, 0.1) is 4.90 Å². The quantitative estimate of drug-likeness (QED) is 0.893. The van der Waals surface area contributed by atoms with Crippen molar-refractivity contribution in [2.75, 3.05) is 11.9 Å². The lowest BCUT2D eigenvalue weighted by Crippen LogP contribution is -2.39. The zero-order valence-corrected chi connectivity index (χ0v) is 11.3. The summed E-state index contributed by atoms with van der Waals surface area (Å²) in [6, 6.07) is 4.36. The van der Waals surface area contributed by atoms with Crippen LogP contribution in [-0.2, 0) is 9.84 Å². The van der Waals surface area contributed by atoms with Crippen LogP contribution in [0.2, 0.25) is 0 Å². The molecule has 1 aromatic rings. The monoisotopic (exact) mass is 296 g/mol. The Hall–Kier alpha value is -1.28. The van der Waals surface area contributed by atoms with Gasteiger partial charge in [-0.05, 0) is 38.1 Å². The van der Waals surface area contributed by atoms with Gasteiger partial charge in [-0.3, -0.25) is 0 Å². The predicted molar refractivity (Wildman–Crippen MR) is 66.4 cm³/mol. The largest absolute Gasteiger partial charge is 0.501 e. The summed E-state index contributed by atoms with van der Waals surface area (Å²) in [5.74, 6) is 0. The van der Waals surface area contributed by atoms with E-state index < -0.39 is 25.8 Å². The molecule has 0 aliphatic rings. The van der Waals surface area contributed by atoms with Crippen LogP contribution in [0, 0.1) is 0 Å². The molecule has 0 aliphatic heterocycles. The van der Waals surface area contributed by atoms with Gasteiger partial charge >= 0.3 is 5.51 Å². The molecule has 0 amide bonds. The van der Waals surface area contributed by atoms with Gasteiger partial charge in [-0.15, -0.1) is 0 Å². The summed E-state index contributed by atoms with van der Waals surface area (Å²) in [4.78, 5) is -0.780. The second-order valence-electron chi connectivity index (χ2n) is 4.82. The van der Waals surface area contributed by atoms with Gasteiger partial charge in [-0.1, -0.05) is 0 Å². The summed E-state index contributed by atoms with van der Waals surface area (Å²) < 4.78 is 59.1. The van der Waals surface area contributed by atoms with Crippen LogP contribution < -0.4 is 11.1 Å². The molecule has 3 N–H and O–H groups in total. The lowest BCUT2D eigenvalue weighted by molar-refractivity contribution is -0.0436. The molecule has 0 aromatic heterocycles. The molecule has 1 aromatic carbocycles. The van der Waals surface area contributed by atoms with Crippen molar-refractivity contribution in [3.8, 4) is 0 Å². The lowest BCUT2D eigenvalue weighted by Gasteiger charge is -2.19. The third kappa shape index (κ3) is 4.10. The third-order valence-electron chi connectivity index (χ3n) is 2.22. The molecule has 19 heavy (non-hydrogen) atoms. The maximum atomic E-state index is 12.3. The lowest BCUT2D eigenvalue weighted by atomic mass is 10.1. The standard InChI is InChI=1S/C11H15F3N2O2S/c1-10(2,15)7-16-8-3-5-9(6-4-8)19(17,18)11(12,13)14/h3-6,16H,7,15H2,1-2H3. The smallest absolute Gasteiger partial charge is 0.383 e. The maximum Gasteiger partial charge on any atom is 0.501 e. The molecule has 108 valence electrons. The Labute approximate surface area is 109 Å². The molecule has 8 heteroatoms. The Balaban J connectivity index is 2.89. The highest BCUT2D eigenvalue weighted by molar-refractivity contribution is 7.92. The molecule has 0 saturated heterocycles. The first kappa shape index (κ1) is 15.8. The fraction of sp³-hybridized carbons (Fsp3) is 0.455. The van der Waals surface area contributed by atoms with E-state index in [1.807, 2.05) is 0 Å². The number of rotatable bonds is 4. The molecule has 0 heterocycles. The highest BCUT2D eigenvalue weighted by atomic mass is 32.2. The van der Waals surface area contributed by atoms with Crippen molar-refractivity contribution >= 4 is 15.5 Å².